The van der Waals surface area contributed by atoms with E-state index in [2.05, 4.69) is 15.3 Å². The highest BCUT2D eigenvalue weighted by Crippen LogP contribution is 2.43. The third-order valence-corrected chi connectivity index (χ3v) is 9.52. The predicted molar refractivity (Wildman–Crippen MR) is 139 cm³/mol. The van der Waals surface area contributed by atoms with Crippen LogP contribution >= 0.6 is 0 Å². The Labute approximate surface area is 214 Å². The van der Waals surface area contributed by atoms with Crippen LogP contribution in [0, 0.1) is 5.82 Å². The zero-order chi connectivity index (χ0) is 26.4. The van der Waals surface area contributed by atoms with Crippen LogP contribution in [0.3, 0.4) is 0 Å². The number of anilines is 2. The zero-order valence-electron chi connectivity index (χ0n) is 20.3. The summed E-state index contributed by atoms with van der Waals surface area (Å²) in [4.78, 5) is 23.2. The van der Waals surface area contributed by atoms with Crippen molar-refractivity contribution in [2.75, 3.05) is 36.2 Å². The second-order valence-electron chi connectivity index (χ2n) is 9.45. The Kier molecular flexibility index (Phi) is 5.90. The number of nitrogens with one attached hydrogen (secondary N) is 1. The number of hydrogen-bond acceptors (Lipinski definition) is 8. The maximum absolute atomic E-state index is 15.0. The number of methoxy groups -OCH3 is 1. The molecule has 192 valence electrons. The SMILES string of the molecule is COc1ccc(C(=O)Nc2ccc(F)c(C3(C)CS(=O)(=O)C4(CN(c5ccccc5)C4)C(N)=N3)c2)nc1. The van der Waals surface area contributed by atoms with E-state index in [1.807, 2.05) is 35.2 Å². The Balaban J connectivity index is 1.42. The molecular weight excluding hydrogens is 497 g/mol. The molecule has 11 heteroatoms. The van der Waals surface area contributed by atoms with E-state index in [4.69, 9.17) is 10.5 Å². The lowest BCUT2D eigenvalue weighted by molar-refractivity contribution is 0.102. The van der Waals surface area contributed by atoms with Gasteiger partial charge in [-0.2, -0.15) is 0 Å². The van der Waals surface area contributed by atoms with Gasteiger partial charge in [-0.15, -0.1) is 0 Å². The second-order valence-corrected chi connectivity index (χ2v) is 11.7. The molecule has 1 saturated heterocycles. The van der Waals surface area contributed by atoms with Crippen LogP contribution in [0.2, 0.25) is 0 Å². The first-order valence-corrected chi connectivity index (χ1v) is 13.2. The van der Waals surface area contributed by atoms with Gasteiger partial charge in [-0.25, -0.2) is 17.8 Å². The zero-order valence-corrected chi connectivity index (χ0v) is 21.1. The Morgan fingerprint density at radius 2 is 1.86 bits per heavy atom. The number of amides is 1. The van der Waals surface area contributed by atoms with Crippen molar-refractivity contribution < 1.29 is 22.3 Å². The molecule has 0 bridgehead atoms. The molecule has 2 aliphatic heterocycles. The number of carbonyl (C=O) groups is 1. The van der Waals surface area contributed by atoms with Crippen molar-refractivity contribution in [1.29, 1.82) is 0 Å². The van der Waals surface area contributed by atoms with E-state index < -0.39 is 37.6 Å². The number of para-hydroxylation sites is 1. The fourth-order valence-electron chi connectivity index (χ4n) is 4.80. The first kappa shape index (κ1) is 24.7. The van der Waals surface area contributed by atoms with E-state index in [1.165, 1.54) is 44.5 Å². The van der Waals surface area contributed by atoms with Crippen molar-refractivity contribution in [3.63, 3.8) is 0 Å². The van der Waals surface area contributed by atoms with Crippen LogP contribution in [0.1, 0.15) is 23.0 Å². The van der Waals surface area contributed by atoms with Crippen molar-refractivity contribution in [3.05, 3.63) is 83.9 Å². The first-order valence-electron chi connectivity index (χ1n) is 11.6. The number of amidine groups is 1. The summed E-state index contributed by atoms with van der Waals surface area (Å²) in [5.41, 5.74) is 6.16. The van der Waals surface area contributed by atoms with Crippen LogP contribution in [0.25, 0.3) is 0 Å². The number of aromatic nitrogens is 1. The van der Waals surface area contributed by atoms with E-state index in [-0.39, 0.29) is 35.9 Å². The van der Waals surface area contributed by atoms with Crippen molar-refractivity contribution in [2.45, 2.75) is 17.2 Å². The Morgan fingerprint density at radius 3 is 2.49 bits per heavy atom. The smallest absolute Gasteiger partial charge is 0.274 e. The van der Waals surface area contributed by atoms with Gasteiger partial charge in [0.15, 0.2) is 14.6 Å². The van der Waals surface area contributed by atoms with Crippen LogP contribution in [-0.2, 0) is 15.4 Å². The fraction of sp³-hybridized carbons (Fsp3) is 0.269. The van der Waals surface area contributed by atoms with Gasteiger partial charge in [0.2, 0.25) is 0 Å². The summed E-state index contributed by atoms with van der Waals surface area (Å²) in [5, 5.41) is 2.67. The number of aliphatic imine (C=N–C) groups is 1. The summed E-state index contributed by atoms with van der Waals surface area (Å²) in [6.45, 7) is 1.89. The van der Waals surface area contributed by atoms with Crippen LogP contribution in [0.15, 0.2) is 71.9 Å². The van der Waals surface area contributed by atoms with Gasteiger partial charge >= 0.3 is 0 Å². The van der Waals surface area contributed by atoms with Gasteiger partial charge in [-0.1, -0.05) is 18.2 Å². The van der Waals surface area contributed by atoms with Crippen LogP contribution in [-0.4, -0.2) is 55.8 Å². The third-order valence-electron chi connectivity index (χ3n) is 6.92. The number of pyridine rings is 1. The summed E-state index contributed by atoms with van der Waals surface area (Å²) >= 11 is 0. The van der Waals surface area contributed by atoms with Crippen molar-refractivity contribution >= 4 is 33.0 Å². The number of benzene rings is 2. The quantitative estimate of drug-likeness (QED) is 0.526. The van der Waals surface area contributed by atoms with Crippen LogP contribution in [0.5, 0.6) is 5.75 Å². The Hall–Kier alpha value is -3.99. The molecule has 9 nitrogen and oxygen atoms in total. The molecule has 1 aromatic heterocycles. The number of halogens is 1. The van der Waals surface area contributed by atoms with Gasteiger partial charge in [-0.3, -0.25) is 9.79 Å². The minimum absolute atomic E-state index is 0.0219. The minimum atomic E-state index is -3.81. The minimum Gasteiger partial charge on any atom is -0.495 e. The van der Waals surface area contributed by atoms with Gasteiger partial charge in [0.25, 0.3) is 5.91 Å². The standard InChI is InChI=1S/C26H26FN5O4S/c1-25(16-37(34,35)26(24(28)31-25)14-32(15-26)18-6-4-3-5-7-18)20-12-17(8-10-21(20)27)30-23(33)22-11-9-19(36-2)13-29-22/h3-13H,14-16H2,1-2H3,(H2,28,31)(H,30,33). The molecule has 1 amide bonds. The molecule has 2 aromatic carbocycles. The van der Waals surface area contributed by atoms with E-state index >= 15 is 4.39 Å². The number of nitrogens with two attached hydrogens (primary N) is 1. The molecule has 0 radical (unpaired) electrons. The van der Waals surface area contributed by atoms with Gasteiger partial charge in [0.1, 0.15) is 28.6 Å². The third kappa shape index (κ3) is 4.18. The Bertz CT molecular complexity index is 1490. The normalized spacial score (nSPS) is 21.6. The topological polar surface area (TPSA) is 127 Å². The number of ether oxygens (including phenoxy) is 1. The molecule has 3 N–H and O–H groups in total. The average Bonchev–Trinajstić information content (AvgIpc) is 2.84. The fourth-order valence-corrected chi connectivity index (χ4v) is 7.11. The number of sulfone groups is 1. The lowest BCUT2D eigenvalue weighted by Crippen LogP contribution is -2.74. The van der Waals surface area contributed by atoms with E-state index in [9.17, 15) is 13.2 Å². The summed E-state index contributed by atoms with van der Waals surface area (Å²) in [6, 6.07) is 16.5. The number of hydrogen-bond donors (Lipinski definition) is 2. The summed E-state index contributed by atoms with van der Waals surface area (Å²) < 4.78 is 45.9. The lowest BCUT2D eigenvalue weighted by Gasteiger charge is -2.53. The van der Waals surface area contributed by atoms with E-state index in [0.717, 1.165) is 5.69 Å². The molecule has 3 heterocycles. The highest BCUT2D eigenvalue weighted by atomic mass is 32.2. The van der Waals surface area contributed by atoms with E-state index in [0.29, 0.717) is 5.75 Å². The molecule has 5 rings (SSSR count). The maximum Gasteiger partial charge on any atom is 0.274 e. The molecule has 37 heavy (non-hydrogen) atoms. The largest absolute Gasteiger partial charge is 0.495 e. The summed E-state index contributed by atoms with van der Waals surface area (Å²) in [7, 11) is -2.32. The molecule has 0 aliphatic carbocycles. The molecule has 1 fully saturated rings. The summed E-state index contributed by atoms with van der Waals surface area (Å²) in [5.74, 6) is -1.12. The first-order chi connectivity index (χ1) is 17.6. The maximum atomic E-state index is 15.0. The molecule has 0 saturated carbocycles. The van der Waals surface area contributed by atoms with Crippen molar-refractivity contribution in [1.82, 2.24) is 4.98 Å². The predicted octanol–water partition coefficient (Wildman–Crippen LogP) is 2.74. The van der Waals surface area contributed by atoms with E-state index in [1.54, 1.807) is 6.07 Å². The highest BCUT2D eigenvalue weighted by molar-refractivity contribution is 7.93. The average molecular weight is 524 g/mol. The molecule has 1 atom stereocenters. The molecule has 1 unspecified atom stereocenters. The van der Waals surface area contributed by atoms with Crippen molar-refractivity contribution in [3.8, 4) is 5.75 Å². The second kappa shape index (κ2) is 8.84. The number of rotatable bonds is 5. The number of carbonyl (C=O) groups excluding carboxylic acids is 1. The van der Waals surface area contributed by atoms with Crippen molar-refractivity contribution in [2.24, 2.45) is 10.7 Å². The van der Waals surface area contributed by atoms with Gasteiger partial charge in [-0.05, 0) is 49.4 Å². The Morgan fingerprint density at radius 1 is 1.14 bits per heavy atom. The summed E-state index contributed by atoms with van der Waals surface area (Å²) in [6.07, 6.45) is 1.41. The molecule has 1 spiro atoms. The van der Waals surface area contributed by atoms with Gasteiger partial charge in [0, 0.05) is 30.0 Å². The molecule has 3 aromatic rings. The highest BCUT2D eigenvalue weighted by Gasteiger charge is 2.61. The molecular formula is C26H26FN5O4S. The lowest BCUT2D eigenvalue weighted by atomic mass is 9.90. The van der Waals surface area contributed by atoms with Gasteiger partial charge < -0.3 is 20.7 Å². The van der Waals surface area contributed by atoms with Gasteiger partial charge in [0.05, 0.1) is 19.1 Å². The molecule has 2 aliphatic rings. The number of nitrogens with zero attached hydrogens (tertiary/aromatic N) is 3. The van der Waals surface area contributed by atoms with Crippen LogP contribution in [0.4, 0.5) is 15.8 Å². The van der Waals surface area contributed by atoms with Crippen LogP contribution < -0.4 is 20.7 Å². The monoisotopic (exact) mass is 523 g/mol.